The molecule has 1 fully saturated rings. The van der Waals surface area contributed by atoms with Crippen LogP contribution in [0.2, 0.25) is 0 Å². The summed E-state index contributed by atoms with van der Waals surface area (Å²) in [6, 6.07) is 10.7. The Morgan fingerprint density at radius 3 is 2.43 bits per heavy atom. The van der Waals surface area contributed by atoms with Crippen molar-refractivity contribution in [2.75, 3.05) is 37.7 Å². The summed E-state index contributed by atoms with van der Waals surface area (Å²) in [4.78, 5) is 31.7. The van der Waals surface area contributed by atoms with Gasteiger partial charge in [-0.2, -0.15) is 0 Å². The van der Waals surface area contributed by atoms with Crippen molar-refractivity contribution < 1.29 is 19.4 Å². The lowest BCUT2D eigenvalue weighted by Crippen LogP contribution is -2.31. The minimum Gasteiger partial charge on any atom is -0.478 e. The van der Waals surface area contributed by atoms with Gasteiger partial charge >= 0.3 is 11.9 Å². The highest BCUT2D eigenvalue weighted by Gasteiger charge is 2.17. The minimum absolute atomic E-state index is 0.308. The molecular formula is C21H25N3O4. The predicted molar refractivity (Wildman–Crippen MR) is 106 cm³/mol. The Morgan fingerprint density at radius 2 is 1.79 bits per heavy atom. The predicted octanol–water partition coefficient (Wildman–Crippen LogP) is 2.67. The Kier molecular flexibility index (Phi) is 6.60. The summed E-state index contributed by atoms with van der Waals surface area (Å²) in [5.74, 6) is -0.392. The number of carbonyl (C=O) groups excluding carboxylic acids is 1. The molecule has 2 aromatic rings. The van der Waals surface area contributed by atoms with Crippen molar-refractivity contribution in [3.63, 3.8) is 0 Å². The van der Waals surface area contributed by atoms with E-state index in [2.05, 4.69) is 14.8 Å². The van der Waals surface area contributed by atoms with Gasteiger partial charge in [0.15, 0.2) is 0 Å². The van der Waals surface area contributed by atoms with Crippen molar-refractivity contribution in [3.05, 3.63) is 59.3 Å². The van der Waals surface area contributed by atoms with Gasteiger partial charge in [0.05, 0.1) is 17.7 Å². The van der Waals surface area contributed by atoms with Gasteiger partial charge < -0.3 is 14.7 Å². The number of rotatable bonds is 6. The van der Waals surface area contributed by atoms with E-state index in [9.17, 15) is 9.59 Å². The average molecular weight is 383 g/mol. The van der Waals surface area contributed by atoms with Crippen LogP contribution in [0.15, 0.2) is 42.6 Å². The highest BCUT2D eigenvalue weighted by Crippen LogP contribution is 2.16. The summed E-state index contributed by atoms with van der Waals surface area (Å²) in [6.45, 7) is 6.53. The first-order valence-electron chi connectivity index (χ1n) is 9.49. The maximum atomic E-state index is 11.7. The van der Waals surface area contributed by atoms with E-state index in [1.54, 1.807) is 31.3 Å². The fraction of sp³-hybridized carbons (Fsp3) is 0.381. The van der Waals surface area contributed by atoms with Gasteiger partial charge in [0.25, 0.3) is 0 Å². The summed E-state index contributed by atoms with van der Waals surface area (Å²) in [5, 5.41) is 9.00. The van der Waals surface area contributed by atoms with Crippen LogP contribution < -0.4 is 4.90 Å². The van der Waals surface area contributed by atoms with Crippen LogP contribution in [-0.2, 0) is 11.3 Å². The monoisotopic (exact) mass is 383 g/mol. The SMILES string of the molecule is CCOC(=O)c1ccc(N2CCCN(Cc3ccc(C(=O)O)cc3)CC2)nc1. The zero-order valence-electron chi connectivity index (χ0n) is 16.0. The molecule has 1 saturated heterocycles. The number of pyridine rings is 1. The number of carboxylic acid groups (broad SMARTS) is 1. The van der Waals surface area contributed by atoms with Crippen molar-refractivity contribution in [2.45, 2.75) is 19.9 Å². The lowest BCUT2D eigenvalue weighted by Gasteiger charge is -2.23. The van der Waals surface area contributed by atoms with Gasteiger partial charge in [0.1, 0.15) is 5.82 Å². The third-order valence-electron chi connectivity index (χ3n) is 4.78. The first-order valence-corrected chi connectivity index (χ1v) is 9.49. The lowest BCUT2D eigenvalue weighted by molar-refractivity contribution is 0.0525. The highest BCUT2D eigenvalue weighted by molar-refractivity contribution is 5.89. The van der Waals surface area contributed by atoms with Crippen LogP contribution in [0.1, 0.15) is 39.6 Å². The maximum absolute atomic E-state index is 11.7. The highest BCUT2D eigenvalue weighted by atomic mass is 16.5. The maximum Gasteiger partial charge on any atom is 0.339 e. The van der Waals surface area contributed by atoms with Crippen LogP contribution in [0.25, 0.3) is 0 Å². The van der Waals surface area contributed by atoms with Gasteiger partial charge in [-0.25, -0.2) is 14.6 Å². The van der Waals surface area contributed by atoms with Gasteiger partial charge in [-0.3, -0.25) is 4.90 Å². The fourth-order valence-corrected chi connectivity index (χ4v) is 3.28. The summed E-state index contributed by atoms with van der Waals surface area (Å²) < 4.78 is 4.99. The number of carbonyl (C=O) groups is 2. The van der Waals surface area contributed by atoms with E-state index in [0.717, 1.165) is 50.5 Å². The quantitative estimate of drug-likeness (QED) is 0.768. The molecule has 1 N–H and O–H groups in total. The topological polar surface area (TPSA) is 83.0 Å². The van der Waals surface area contributed by atoms with Crippen molar-refractivity contribution in [3.8, 4) is 0 Å². The normalized spacial score (nSPS) is 15.1. The summed E-state index contributed by atoms with van der Waals surface area (Å²) in [5.41, 5.74) is 1.88. The molecule has 0 bridgehead atoms. The van der Waals surface area contributed by atoms with Crippen molar-refractivity contribution in [2.24, 2.45) is 0 Å². The largest absolute Gasteiger partial charge is 0.478 e. The van der Waals surface area contributed by atoms with E-state index in [4.69, 9.17) is 9.84 Å². The molecule has 148 valence electrons. The first kappa shape index (κ1) is 19.8. The number of hydrogen-bond donors (Lipinski definition) is 1. The van der Waals surface area contributed by atoms with E-state index in [1.807, 2.05) is 18.2 Å². The molecule has 28 heavy (non-hydrogen) atoms. The molecule has 0 unspecified atom stereocenters. The molecule has 0 radical (unpaired) electrons. The van der Waals surface area contributed by atoms with Crippen LogP contribution in [0.4, 0.5) is 5.82 Å². The van der Waals surface area contributed by atoms with Gasteiger partial charge in [-0.1, -0.05) is 12.1 Å². The number of aromatic carboxylic acids is 1. The molecular weight excluding hydrogens is 358 g/mol. The molecule has 0 saturated carbocycles. The van der Waals surface area contributed by atoms with Crippen LogP contribution in [0.3, 0.4) is 0 Å². The fourth-order valence-electron chi connectivity index (χ4n) is 3.28. The standard InChI is InChI=1S/C21H25N3O4/c1-2-28-21(27)18-8-9-19(22-14-18)24-11-3-10-23(12-13-24)15-16-4-6-17(7-5-16)20(25)26/h4-9,14H,2-3,10-13,15H2,1H3,(H,25,26). The number of ether oxygens (including phenoxy) is 1. The smallest absolute Gasteiger partial charge is 0.339 e. The molecule has 1 aromatic heterocycles. The van der Waals surface area contributed by atoms with Gasteiger partial charge in [0.2, 0.25) is 0 Å². The third kappa shape index (κ3) is 5.07. The molecule has 7 nitrogen and oxygen atoms in total. The molecule has 1 aromatic carbocycles. The van der Waals surface area contributed by atoms with E-state index in [-0.39, 0.29) is 5.97 Å². The Bertz CT molecular complexity index is 805. The Balaban J connectivity index is 1.57. The van der Waals surface area contributed by atoms with Crippen LogP contribution in [0, 0.1) is 0 Å². The number of hydrogen-bond acceptors (Lipinski definition) is 6. The van der Waals surface area contributed by atoms with Gasteiger partial charge in [-0.15, -0.1) is 0 Å². The Hall–Kier alpha value is -2.93. The van der Waals surface area contributed by atoms with Gasteiger partial charge in [-0.05, 0) is 43.2 Å². The van der Waals surface area contributed by atoms with E-state index < -0.39 is 5.97 Å². The van der Waals surface area contributed by atoms with Crippen LogP contribution >= 0.6 is 0 Å². The molecule has 0 atom stereocenters. The average Bonchev–Trinajstić information content (AvgIpc) is 2.94. The molecule has 0 aliphatic carbocycles. The summed E-state index contributed by atoms with van der Waals surface area (Å²) in [7, 11) is 0. The third-order valence-corrected chi connectivity index (χ3v) is 4.78. The molecule has 2 heterocycles. The van der Waals surface area contributed by atoms with Crippen LogP contribution in [0.5, 0.6) is 0 Å². The second-order valence-corrected chi connectivity index (χ2v) is 6.74. The molecule has 7 heteroatoms. The molecule has 1 aliphatic heterocycles. The van der Waals surface area contributed by atoms with E-state index >= 15 is 0 Å². The van der Waals surface area contributed by atoms with Gasteiger partial charge in [0, 0.05) is 38.9 Å². The Labute approximate surface area is 164 Å². The number of anilines is 1. The van der Waals surface area contributed by atoms with Crippen LogP contribution in [-0.4, -0.2) is 59.7 Å². The van der Waals surface area contributed by atoms with E-state index in [1.165, 1.54) is 0 Å². The van der Waals surface area contributed by atoms with E-state index in [0.29, 0.717) is 17.7 Å². The second-order valence-electron chi connectivity index (χ2n) is 6.74. The first-order chi connectivity index (χ1) is 13.6. The van der Waals surface area contributed by atoms with Crippen molar-refractivity contribution >= 4 is 17.8 Å². The van der Waals surface area contributed by atoms with Crippen molar-refractivity contribution in [1.82, 2.24) is 9.88 Å². The molecule has 0 amide bonds. The number of carboxylic acids is 1. The zero-order valence-corrected chi connectivity index (χ0v) is 16.0. The summed E-state index contributed by atoms with van der Waals surface area (Å²) in [6.07, 6.45) is 2.58. The number of esters is 1. The number of benzene rings is 1. The molecule has 1 aliphatic rings. The number of nitrogens with zero attached hydrogens (tertiary/aromatic N) is 3. The zero-order chi connectivity index (χ0) is 19.9. The lowest BCUT2D eigenvalue weighted by atomic mass is 10.1. The number of aromatic nitrogens is 1. The summed E-state index contributed by atoms with van der Waals surface area (Å²) >= 11 is 0. The minimum atomic E-state index is -0.904. The molecule has 0 spiro atoms. The second kappa shape index (κ2) is 9.32. The van der Waals surface area contributed by atoms with Crippen molar-refractivity contribution in [1.29, 1.82) is 0 Å². The molecule has 3 rings (SSSR count). The Morgan fingerprint density at radius 1 is 1.04 bits per heavy atom.